The van der Waals surface area contributed by atoms with Gasteiger partial charge in [0, 0.05) is 11.3 Å². The van der Waals surface area contributed by atoms with Gasteiger partial charge < -0.3 is 5.32 Å². The Bertz CT molecular complexity index is 1100. The molecule has 0 saturated heterocycles. The highest BCUT2D eigenvalue weighted by atomic mass is 32.2. The zero-order valence-corrected chi connectivity index (χ0v) is 16.0. The Hall–Kier alpha value is -3.19. The third kappa shape index (κ3) is 4.55. The standard InChI is InChI=1S/C21H19FN2O3S/c1-2-15-6-3-4-9-20(15)24-28(26,27)19-12-10-16(11-13-19)21(25)23-18-8-5-7-17(22)14-18/h3-14,24H,2H2,1H3,(H,23,25). The van der Waals surface area contributed by atoms with Crippen LogP contribution in [0.15, 0.2) is 77.7 Å². The molecule has 0 spiro atoms. The van der Waals surface area contributed by atoms with Crippen LogP contribution in [-0.2, 0) is 16.4 Å². The molecule has 3 rings (SSSR count). The lowest BCUT2D eigenvalue weighted by molar-refractivity contribution is 0.102. The second kappa shape index (κ2) is 8.22. The first kappa shape index (κ1) is 19.6. The second-order valence-electron chi connectivity index (χ2n) is 6.11. The van der Waals surface area contributed by atoms with Gasteiger partial charge in [-0.05, 0) is 60.5 Å². The average molecular weight is 398 g/mol. The number of hydrogen-bond acceptors (Lipinski definition) is 3. The molecule has 5 nitrogen and oxygen atoms in total. The van der Waals surface area contributed by atoms with Crippen LogP contribution in [0.2, 0.25) is 0 Å². The average Bonchev–Trinajstić information content (AvgIpc) is 2.68. The highest BCUT2D eigenvalue weighted by molar-refractivity contribution is 7.92. The quantitative estimate of drug-likeness (QED) is 0.645. The van der Waals surface area contributed by atoms with E-state index in [0.717, 1.165) is 5.56 Å². The number of halogens is 1. The number of amides is 1. The molecule has 144 valence electrons. The lowest BCUT2D eigenvalue weighted by Gasteiger charge is -2.12. The Morgan fingerprint density at radius 1 is 0.964 bits per heavy atom. The van der Waals surface area contributed by atoms with Crippen LogP contribution in [0, 0.1) is 5.82 Å². The van der Waals surface area contributed by atoms with Crippen molar-refractivity contribution >= 4 is 27.3 Å². The number of nitrogens with one attached hydrogen (secondary N) is 2. The Labute approximate surface area is 163 Å². The van der Waals surface area contributed by atoms with Crippen LogP contribution in [0.5, 0.6) is 0 Å². The minimum absolute atomic E-state index is 0.0423. The highest BCUT2D eigenvalue weighted by Gasteiger charge is 2.16. The summed E-state index contributed by atoms with van der Waals surface area (Å²) in [6, 6.07) is 18.2. The van der Waals surface area contributed by atoms with Crippen molar-refractivity contribution in [1.29, 1.82) is 0 Å². The summed E-state index contributed by atoms with van der Waals surface area (Å²) in [5.41, 5.74) is 1.99. The van der Waals surface area contributed by atoms with E-state index in [4.69, 9.17) is 0 Å². The number of benzene rings is 3. The number of aryl methyl sites for hydroxylation is 1. The molecule has 7 heteroatoms. The normalized spacial score (nSPS) is 11.1. The van der Waals surface area contributed by atoms with Crippen LogP contribution in [0.4, 0.5) is 15.8 Å². The number of para-hydroxylation sites is 1. The van der Waals surface area contributed by atoms with Crippen LogP contribution >= 0.6 is 0 Å². The Balaban J connectivity index is 1.76. The van der Waals surface area contributed by atoms with Gasteiger partial charge in [-0.15, -0.1) is 0 Å². The van der Waals surface area contributed by atoms with Crippen molar-refractivity contribution in [2.24, 2.45) is 0 Å². The van der Waals surface area contributed by atoms with E-state index in [1.54, 1.807) is 18.2 Å². The van der Waals surface area contributed by atoms with Crippen LogP contribution in [0.1, 0.15) is 22.8 Å². The molecule has 0 aromatic heterocycles. The van der Waals surface area contributed by atoms with Crippen molar-refractivity contribution in [2.45, 2.75) is 18.2 Å². The summed E-state index contributed by atoms with van der Waals surface area (Å²) in [6.07, 6.45) is 0.692. The maximum atomic E-state index is 13.2. The SMILES string of the molecule is CCc1ccccc1NS(=O)(=O)c1ccc(C(=O)Nc2cccc(F)c2)cc1. The molecule has 0 atom stereocenters. The Kier molecular flexibility index (Phi) is 5.75. The van der Waals surface area contributed by atoms with Crippen molar-refractivity contribution in [1.82, 2.24) is 0 Å². The first-order valence-electron chi connectivity index (χ1n) is 8.67. The topological polar surface area (TPSA) is 75.3 Å². The third-order valence-corrected chi connectivity index (χ3v) is 5.53. The van der Waals surface area contributed by atoms with Crippen molar-refractivity contribution in [3.05, 3.63) is 89.7 Å². The predicted molar refractivity (Wildman–Crippen MR) is 107 cm³/mol. The monoisotopic (exact) mass is 398 g/mol. The maximum absolute atomic E-state index is 13.2. The van der Waals surface area contributed by atoms with E-state index in [9.17, 15) is 17.6 Å². The molecule has 0 fully saturated rings. The molecule has 0 unspecified atom stereocenters. The number of carbonyl (C=O) groups excluding carboxylic acids is 1. The van der Waals surface area contributed by atoms with Crippen LogP contribution in [-0.4, -0.2) is 14.3 Å². The Morgan fingerprint density at radius 2 is 1.68 bits per heavy atom. The lowest BCUT2D eigenvalue weighted by Crippen LogP contribution is -2.15. The van der Waals surface area contributed by atoms with Gasteiger partial charge in [0.1, 0.15) is 5.82 Å². The minimum atomic E-state index is -3.78. The largest absolute Gasteiger partial charge is 0.322 e. The Morgan fingerprint density at radius 3 is 2.36 bits per heavy atom. The molecular formula is C21H19FN2O3S. The molecule has 3 aromatic rings. The summed E-state index contributed by atoms with van der Waals surface area (Å²) in [5.74, 6) is -0.920. The first-order chi connectivity index (χ1) is 13.4. The summed E-state index contributed by atoms with van der Waals surface area (Å²) in [6.45, 7) is 1.94. The van der Waals surface area contributed by atoms with E-state index in [0.29, 0.717) is 17.8 Å². The van der Waals surface area contributed by atoms with Crippen LogP contribution in [0.25, 0.3) is 0 Å². The van der Waals surface area contributed by atoms with Crippen molar-refractivity contribution < 1.29 is 17.6 Å². The molecule has 0 aliphatic carbocycles. The van der Waals surface area contributed by atoms with Gasteiger partial charge in [-0.3, -0.25) is 9.52 Å². The molecule has 0 aliphatic rings. The van der Waals surface area contributed by atoms with Gasteiger partial charge in [-0.2, -0.15) is 0 Å². The summed E-state index contributed by atoms with van der Waals surface area (Å²) in [7, 11) is -3.78. The maximum Gasteiger partial charge on any atom is 0.261 e. The second-order valence-corrected chi connectivity index (χ2v) is 7.79. The van der Waals surface area contributed by atoms with E-state index in [1.165, 1.54) is 42.5 Å². The van der Waals surface area contributed by atoms with Crippen molar-refractivity contribution in [3.8, 4) is 0 Å². The van der Waals surface area contributed by atoms with Crippen LogP contribution in [0.3, 0.4) is 0 Å². The number of rotatable bonds is 6. The third-order valence-electron chi connectivity index (χ3n) is 4.15. The van der Waals surface area contributed by atoms with Crippen molar-refractivity contribution in [2.75, 3.05) is 10.0 Å². The number of hydrogen-bond donors (Lipinski definition) is 2. The lowest BCUT2D eigenvalue weighted by atomic mass is 10.1. The molecule has 0 heterocycles. The molecule has 28 heavy (non-hydrogen) atoms. The van der Waals surface area contributed by atoms with Gasteiger partial charge in [0.2, 0.25) is 0 Å². The van der Waals surface area contributed by atoms with Gasteiger partial charge in [-0.1, -0.05) is 31.2 Å². The summed E-state index contributed by atoms with van der Waals surface area (Å²) < 4.78 is 41.0. The fraction of sp³-hybridized carbons (Fsp3) is 0.0952. The van der Waals surface area contributed by atoms with Gasteiger partial charge in [-0.25, -0.2) is 12.8 Å². The van der Waals surface area contributed by atoms with Crippen molar-refractivity contribution in [3.63, 3.8) is 0 Å². The molecule has 1 amide bonds. The van der Waals surface area contributed by atoms with E-state index >= 15 is 0 Å². The molecule has 0 radical (unpaired) electrons. The predicted octanol–water partition coefficient (Wildman–Crippen LogP) is 4.44. The fourth-order valence-corrected chi connectivity index (χ4v) is 3.79. The molecule has 0 aliphatic heterocycles. The van der Waals surface area contributed by atoms with E-state index in [-0.39, 0.29) is 10.5 Å². The highest BCUT2D eigenvalue weighted by Crippen LogP contribution is 2.21. The van der Waals surface area contributed by atoms with E-state index in [1.807, 2.05) is 19.1 Å². The summed E-state index contributed by atoms with van der Waals surface area (Å²) in [4.78, 5) is 12.3. The fourth-order valence-electron chi connectivity index (χ4n) is 2.69. The summed E-state index contributed by atoms with van der Waals surface area (Å²) in [5, 5.41) is 2.57. The van der Waals surface area contributed by atoms with E-state index in [2.05, 4.69) is 10.0 Å². The molecule has 2 N–H and O–H groups in total. The van der Waals surface area contributed by atoms with Gasteiger partial charge >= 0.3 is 0 Å². The molecule has 3 aromatic carbocycles. The zero-order chi connectivity index (χ0) is 20.1. The molecular weight excluding hydrogens is 379 g/mol. The van der Waals surface area contributed by atoms with E-state index < -0.39 is 21.7 Å². The minimum Gasteiger partial charge on any atom is -0.322 e. The first-order valence-corrected chi connectivity index (χ1v) is 10.1. The number of sulfonamides is 1. The summed E-state index contributed by atoms with van der Waals surface area (Å²) >= 11 is 0. The zero-order valence-electron chi connectivity index (χ0n) is 15.1. The van der Waals surface area contributed by atoms with Gasteiger partial charge in [0.25, 0.3) is 15.9 Å². The van der Waals surface area contributed by atoms with Gasteiger partial charge in [0.15, 0.2) is 0 Å². The van der Waals surface area contributed by atoms with Crippen LogP contribution < -0.4 is 10.0 Å². The smallest absolute Gasteiger partial charge is 0.261 e. The molecule has 0 bridgehead atoms. The van der Waals surface area contributed by atoms with Gasteiger partial charge in [0.05, 0.1) is 10.6 Å². The number of anilines is 2. The number of carbonyl (C=O) groups is 1. The molecule has 0 saturated carbocycles.